The zero-order chi connectivity index (χ0) is 36.5. The standard InChI is InChI=1S/C31H28N3O.C17H12N.Ir/c1-18(2)21-11-8-12-22(19(3)4)28(21)34-30(33-26-16-20(5)17-32-31(26)34)25-14-9-13-24-23-10-6-7-15-27(23)35-29(24)25;1-3-7-14(8-4-1)16-11-12-18-17(13-16)15-9-5-2-6-10-15;/h6-13,15-19H,1-5H3;1-9,11-13H;/q2*-1;. The van der Waals surface area contributed by atoms with Gasteiger partial charge < -0.3 is 14.0 Å². The quantitative estimate of drug-likeness (QED) is 0.156. The van der Waals surface area contributed by atoms with E-state index in [-0.39, 0.29) is 20.1 Å². The summed E-state index contributed by atoms with van der Waals surface area (Å²) in [6, 6.07) is 49.9. The summed E-state index contributed by atoms with van der Waals surface area (Å²) in [5.41, 5.74) is 13.4. The molecule has 0 N–H and O–H groups in total. The summed E-state index contributed by atoms with van der Waals surface area (Å²) < 4.78 is 8.63. The van der Waals surface area contributed by atoms with Gasteiger partial charge >= 0.3 is 0 Å². The smallest absolute Gasteiger partial charge is 0.155 e. The molecule has 4 heterocycles. The number of furan rings is 1. The van der Waals surface area contributed by atoms with Crippen LogP contribution in [0.3, 0.4) is 0 Å². The van der Waals surface area contributed by atoms with Gasteiger partial charge in [0.2, 0.25) is 0 Å². The number of nitrogens with zero attached hydrogens (tertiary/aromatic N) is 4. The molecule has 5 aromatic carbocycles. The fourth-order valence-corrected chi connectivity index (χ4v) is 7.01. The number of aromatic nitrogens is 4. The van der Waals surface area contributed by atoms with E-state index in [0.29, 0.717) is 11.8 Å². The molecule has 54 heavy (non-hydrogen) atoms. The van der Waals surface area contributed by atoms with Gasteiger partial charge in [0.1, 0.15) is 5.58 Å². The molecular weight excluding hydrogens is 841 g/mol. The Morgan fingerprint density at radius 3 is 2.15 bits per heavy atom. The molecule has 0 saturated carbocycles. The second-order valence-electron chi connectivity index (χ2n) is 14.0. The Hall–Kier alpha value is -5.68. The molecule has 5 nitrogen and oxygen atoms in total. The molecule has 4 aromatic heterocycles. The maximum absolute atomic E-state index is 6.40. The molecule has 0 aliphatic carbocycles. The minimum absolute atomic E-state index is 0. The summed E-state index contributed by atoms with van der Waals surface area (Å²) >= 11 is 0. The van der Waals surface area contributed by atoms with Gasteiger partial charge in [-0.15, -0.1) is 54.1 Å². The Balaban J connectivity index is 0.000000200. The number of pyridine rings is 2. The van der Waals surface area contributed by atoms with Gasteiger partial charge in [0.25, 0.3) is 0 Å². The van der Waals surface area contributed by atoms with Crippen molar-refractivity contribution >= 4 is 33.1 Å². The number of hydrogen-bond donors (Lipinski definition) is 0. The third-order valence-corrected chi connectivity index (χ3v) is 9.61. The number of aryl methyl sites for hydroxylation is 1. The Labute approximate surface area is 330 Å². The first-order valence-electron chi connectivity index (χ1n) is 18.2. The van der Waals surface area contributed by atoms with E-state index in [1.54, 1.807) is 0 Å². The van der Waals surface area contributed by atoms with Crippen molar-refractivity contribution in [3.63, 3.8) is 0 Å². The van der Waals surface area contributed by atoms with Gasteiger partial charge in [-0.2, -0.15) is 0 Å². The van der Waals surface area contributed by atoms with Crippen LogP contribution in [-0.4, -0.2) is 19.5 Å². The van der Waals surface area contributed by atoms with Gasteiger partial charge in [0.15, 0.2) is 5.65 Å². The molecule has 9 aromatic rings. The van der Waals surface area contributed by atoms with Crippen LogP contribution in [0, 0.1) is 19.1 Å². The van der Waals surface area contributed by atoms with E-state index < -0.39 is 0 Å². The van der Waals surface area contributed by atoms with Crippen LogP contribution in [-0.2, 0) is 20.1 Å². The molecule has 0 atom stereocenters. The van der Waals surface area contributed by atoms with Gasteiger partial charge in [-0.25, -0.2) is 4.98 Å². The first-order valence-corrected chi connectivity index (χ1v) is 18.2. The molecule has 269 valence electrons. The van der Waals surface area contributed by atoms with E-state index in [1.165, 1.54) is 22.3 Å². The summed E-state index contributed by atoms with van der Waals surface area (Å²) in [6.45, 7) is 11.0. The van der Waals surface area contributed by atoms with Crippen LogP contribution in [0.2, 0.25) is 0 Å². The van der Waals surface area contributed by atoms with Crippen LogP contribution in [0.1, 0.15) is 56.2 Å². The summed E-state index contributed by atoms with van der Waals surface area (Å²) in [5, 5.41) is 2.16. The minimum atomic E-state index is 0. The summed E-state index contributed by atoms with van der Waals surface area (Å²) in [5.74, 6) is 1.48. The Bertz CT molecular complexity index is 2610. The Kier molecular flexibility index (Phi) is 10.7. The number of imidazole rings is 1. The van der Waals surface area contributed by atoms with Crippen molar-refractivity contribution < 1.29 is 24.5 Å². The third kappa shape index (κ3) is 7.03. The second kappa shape index (κ2) is 15.7. The van der Waals surface area contributed by atoms with E-state index in [2.05, 4.69) is 111 Å². The van der Waals surface area contributed by atoms with Crippen molar-refractivity contribution in [1.29, 1.82) is 0 Å². The SMILES string of the molecule is Cc1cnc2c(c1)nc(-c1[c-]ccc3c1oc1ccccc13)n2-c1c(C(C)C)cccc1C(C)C.[Ir].[c-]1ccccc1-c1cc(-c2ccccc2)ccn1. The molecule has 0 unspecified atom stereocenters. The number of hydrogen-bond acceptors (Lipinski definition) is 4. The Morgan fingerprint density at radius 2 is 1.41 bits per heavy atom. The summed E-state index contributed by atoms with van der Waals surface area (Å²) in [6.07, 6.45) is 3.77. The maximum Gasteiger partial charge on any atom is 0.155 e. The van der Waals surface area contributed by atoms with Crippen LogP contribution in [0.15, 0.2) is 144 Å². The summed E-state index contributed by atoms with van der Waals surface area (Å²) in [7, 11) is 0. The molecule has 1 radical (unpaired) electrons. The molecule has 0 spiro atoms. The van der Waals surface area contributed by atoms with Crippen LogP contribution in [0.5, 0.6) is 0 Å². The van der Waals surface area contributed by atoms with Crippen LogP contribution >= 0.6 is 0 Å². The largest absolute Gasteiger partial charge is 0.501 e. The minimum Gasteiger partial charge on any atom is -0.501 e. The van der Waals surface area contributed by atoms with Crippen molar-refractivity contribution in [3.05, 3.63) is 169 Å². The summed E-state index contributed by atoms with van der Waals surface area (Å²) in [4.78, 5) is 14.4. The predicted octanol–water partition coefficient (Wildman–Crippen LogP) is 12.6. The molecule has 9 rings (SSSR count). The fraction of sp³-hybridized carbons (Fsp3) is 0.146. The van der Waals surface area contributed by atoms with Crippen molar-refractivity contribution in [3.8, 4) is 39.5 Å². The number of fused-ring (bicyclic) bond motifs is 4. The van der Waals surface area contributed by atoms with E-state index in [9.17, 15) is 0 Å². The van der Waals surface area contributed by atoms with Crippen molar-refractivity contribution in [2.75, 3.05) is 0 Å². The van der Waals surface area contributed by atoms with Gasteiger partial charge in [-0.3, -0.25) is 4.98 Å². The monoisotopic (exact) mass is 881 g/mol. The average Bonchev–Trinajstić information content (AvgIpc) is 3.77. The van der Waals surface area contributed by atoms with Gasteiger partial charge in [-0.05, 0) is 70.5 Å². The predicted molar refractivity (Wildman–Crippen MR) is 217 cm³/mol. The maximum atomic E-state index is 6.40. The molecule has 0 fully saturated rings. The van der Waals surface area contributed by atoms with Gasteiger partial charge in [0.05, 0.1) is 16.9 Å². The van der Waals surface area contributed by atoms with Gasteiger partial charge in [-0.1, -0.05) is 111 Å². The normalized spacial score (nSPS) is 11.2. The third-order valence-electron chi connectivity index (χ3n) is 9.61. The zero-order valence-corrected chi connectivity index (χ0v) is 33.4. The molecule has 6 heteroatoms. The molecule has 0 amide bonds. The van der Waals surface area contributed by atoms with Crippen LogP contribution in [0.4, 0.5) is 0 Å². The molecule has 0 bridgehead atoms. The Morgan fingerprint density at radius 1 is 0.667 bits per heavy atom. The van der Waals surface area contributed by atoms with E-state index in [1.807, 2.05) is 85.2 Å². The molecular formula is C48H40IrN4O-2. The first kappa shape index (κ1) is 36.7. The molecule has 0 saturated heterocycles. The van der Waals surface area contributed by atoms with Crippen LogP contribution in [0.25, 0.3) is 72.6 Å². The van der Waals surface area contributed by atoms with E-state index in [0.717, 1.165) is 67.0 Å². The average molecular weight is 881 g/mol. The van der Waals surface area contributed by atoms with E-state index >= 15 is 0 Å². The molecule has 0 aliphatic heterocycles. The second-order valence-corrected chi connectivity index (χ2v) is 14.0. The van der Waals surface area contributed by atoms with Crippen LogP contribution < -0.4 is 0 Å². The van der Waals surface area contributed by atoms with E-state index in [4.69, 9.17) is 14.4 Å². The molecule has 0 aliphatic rings. The number of benzene rings is 5. The zero-order valence-electron chi connectivity index (χ0n) is 31.0. The topological polar surface area (TPSA) is 56.7 Å². The number of rotatable bonds is 6. The van der Waals surface area contributed by atoms with Gasteiger partial charge in [0, 0.05) is 43.6 Å². The van der Waals surface area contributed by atoms with Crippen molar-refractivity contribution in [2.24, 2.45) is 0 Å². The van der Waals surface area contributed by atoms with Crippen molar-refractivity contribution in [1.82, 2.24) is 19.5 Å². The van der Waals surface area contributed by atoms with Crippen molar-refractivity contribution in [2.45, 2.75) is 46.5 Å². The first-order chi connectivity index (χ1) is 25.9. The number of para-hydroxylation sites is 2. The fourth-order valence-electron chi connectivity index (χ4n) is 7.01.